The number of alkyl halides is 1. The van der Waals surface area contributed by atoms with Crippen LogP contribution in [0.5, 0.6) is 0 Å². The largest absolute Gasteiger partial charge is 0.247 e. The summed E-state index contributed by atoms with van der Waals surface area (Å²) < 4.78 is 24.2. The van der Waals surface area contributed by atoms with Crippen LogP contribution in [0.4, 0.5) is 4.39 Å². The molecule has 0 aromatic heterocycles. The summed E-state index contributed by atoms with van der Waals surface area (Å²) >= 11 is 0. The molecule has 25 heavy (non-hydrogen) atoms. The van der Waals surface area contributed by atoms with Crippen molar-refractivity contribution in [3.8, 4) is 0 Å². The van der Waals surface area contributed by atoms with Gasteiger partial charge in [-0.2, -0.15) is 0 Å². The molecular weight excluding hydrogens is 307 g/mol. The first-order valence-electron chi connectivity index (χ1n) is 11.9. The molecule has 1 heteroatoms. The van der Waals surface area contributed by atoms with E-state index in [1.807, 2.05) is 0 Å². The zero-order chi connectivity index (χ0) is 18.9. The molecule has 4 saturated carbocycles. The molecule has 0 bridgehead atoms. The number of hydrogen-bond donors (Lipinski definition) is 0. The molecule has 0 heterocycles. The Labute approximate surface area is 157 Å². The van der Waals surface area contributed by atoms with Gasteiger partial charge in [0.05, 0.1) is 0 Å². The molecule has 4 rings (SSSR count). The highest BCUT2D eigenvalue weighted by Crippen LogP contribution is 2.69. The maximum absolute atomic E-state index is 15.9. The van der Waals surface area contributed by atoms with Crippen molar-refractivity contribution in [1.29, 1.82) is 0 Å². The van der Waals surface area contributed by atoms with Crippen LogP contribution in [0.2, 0.25) is 0 Å². The molecule has 4 fully saturated rings. The Morgan fingerprint density at radius 3 is 2.64 bits per heavy atom. The summed E-state index contributed by atoms with van der Waals surface area (Å²) in [6.07, 6.45) is 8.60. The first kappa shape index (κ1) is 17.1. The lowest BCUT2D eigenvalue weighted by atomic mass is 9.42. The van der Waals surface area contributed by atoms with E-state index in [4.69, 9.17) is 1.37 Å². The molecule has 0 aromatic rings. The molecule has 4 aliphatic rings. The van der Waals surface area contributed by atoms with Gasteiger partial charge in [0.15, 0.2) is 0 Å². The van der Waals surface area contributed by atoms with Gasteiger partial charge in [0.2, 0.25) is 0 Å². The van der Waals surface area contributed by atoms with Gasteiger partial charge in [0, 0.05) is 6.79 Å². The van der Waals surface area contributed by atoms with E-state index in [2.05, 4.69) is 34.6 Å². The highest BCUT2D eigenvalue weighted by atomic mass is 19.1. The van der Waals surface area contributed by atoms with Crippen molar-refractivity contribution in [3.05, 3.63) is 0 Å². The van der Waals surface area contributed by atoms with E-state index < -0.39 is 6.17 Å². The third kappa shape index (κ3) is 2.42. The summed E-state index contributed by atoms with van der Waals surface area (Å²) in [5.41, 5.74) is 0.218. The Bertz CT molecular complexity index is 534. The molecule has 0 amide bonds. The van der Waals surface area contributed by atoms with E-state index in [-0.39, 0.29) is 11.8 Å². The Morgan fingerprint density at radius 2 is 1.92 bits per heavy atom. The molecule has 0 nitrogen and oxygen atoms in total. The van der Waals surface area contributed by atoms with Gasteiger partial charge >= 0.3 is 0 Å². The van der Waals surface area contributed by atoms with Crippen LogP contribution in [0.25, 0.3) is 0 Å². The monoisotopic (exact) mass is 349 g/mol. The minimum atomic E-state index is -0.619. The van der Waals surface area contributed by atoms with E-state index in [0.717, 1.165) is 31.1 Å². The second-order valence-corrected chi connectivity index (χ2v) is 10.9. The number of rotatable bonds is 2. The zero-order valence-corrected chi connectivity index (χ0v) is 17.2. The van der Waals surface area contributed by atoms with Crippen molar-refractivity contribution >= 4 is 0 Å². The molecule has 0 aliphatic heterocycles. The Hall–Kier alpha value is -0.0700. The maximum Gasteiger partial charge on any atom is 0.106 e. The molecule has 0 radical (unpaired) electrons. The van der Waals surface area contributed by atoms with Crippen LogP contribution in [-0.2, 0) is 0 Å². The molecule has 0 spiro atoms. The normalized spacial score (nSPS) is 60.2. The average molecular weight is 350 g/mol. The molecule has 4 aliphatic carbocycles. The van der Waals surface area contributed by atoms with E-state index in [9.17, 15) is 0 Å². The van der Waals surface area contributed by atoms with Gasteiger partial charge in [-0.05, 0) is 85.4 Å². The van der Waals surface area contributed by atoms with Gasteiger partial charge in [-0.25, -0.2) is 4.39 Å². The van der Waals surface area contributed by atoms with Crippen LogP contribution in [0, 0.1) is 52.3 Å². The topological polar surface area (TPSA) is 0 Å². The summed E-state index contributed by atoms with van der Waals surface area (Å²) in [7, 11) is 0. The maximum atomic E-state index is 15.9. The lowest BCUT2D eigenvalue weighted by Crippen LogP contribution is -2.59. The minimum absolute atomic E-state index is 0.0827. The van der Waals surface area contributed by atoms with Gasteiger partial charge < -0.3 is 0 Å². The van der Waals surface area contributed by atoms with Crippen LogP contribution in [-0.4, -0.2) is 6.17 Å². The Morgan fingerprint density at radius 1 is 1.16 bits per heavy atom. The molecule has 0 aromatic carbocycles. The van der Waals surface area contributed by atoms with Gasteiger partial charge in [-0.3, -0.25) is 0 Å². The van der Waals surface area contributed by atoms with Crippen LogP contribution in [0.1, 0.15) is 93.8 Å². The predicted octanol–water partition coefficient (Wildman–Crippen LogP) is 7.28. The van der Waals surface area contributed by atoms with Gasteiger partial charge in [0.25, 0.3) is 0 Å². The van der Waals surface area contributed by atoms with Crippen molar-refractivity contribution in [2.75, 3.05) is 0 Å². The second-order valence-electron chi connectivity index (χ2n) is 10.9. The number of fused-ring (bicyclic) bond motifs is 5. The molecular formula is C24H41F. The van der Waals surface area contributed by atoms with Crippen molar-refractivity contribution in [3.63, 3.8) is 0 Å². The fourth-order valence-electron chi connectivity index (χ4n) is 8.59. The number of halogens is 1. The molecule has 7 unspecified atom stereocenters. The summed E-state index contributed by atoms with van der Waals surface area (Å²) in [6.45, 7) is 12.0. The quantitative estimate of drug-likeness (QED) is 0.491. The fourth-order valence-corrected chi connectivity index (χ4v) is 8.59. The van der Waals surface area contributed by atoms with Crippen molar-refractivity contribution < 1.29 is 5.76 Å². The van der Waals surface area contributed by atoms with Gasteiger partial charge in [0.1, 0.15) is 6.17 Å². The van der Waals surface area contributed by atoms with Crippen LogP contribution < -0.4 is 0 Å². The minimum Gasteiger partial charge on any atom is -0.247 e. The molecule has 144 valence electrons. The third-order valence-electron chi connectivity index (χ3n) is 10.2. The summed E-state index contributed by atoms with van der Waals surface area (Å²) in [5.74, 6) is 4.50. The number of hydrogen-bond acceptors (Lipinski definition) is 0. The highest BCUT2D eigenvalue weighted by molar-refractivity contribution is 5.13. The van der Waals surface area contributed by atoms with Crippen LogP contribution in [0.3, 0.4) is 0 Å². The third-order valence-corrected chi connectivity index (χ3v) is 10.2. The first-order valence-corrected chi connectivity index (χ1v) is 11.3. The highest BCUT2D eigenvalue weighted by Gasteiger charge is 2.65. The lowest BCUT2D eigenvalue weighted by molar-refractivity contribution is -0.166. The van der Waals surface area contributed by atoms with E-state index >= 15 is 4.39 Å². The summed E-state index contributed by atoms with van der Waals surface area (Å²) in [6, 6.07) is 0. The van der Waals surface area contributed by atoms with Crippen molar-refractivity contribution in [2.45, 2.75) is 98.6 Å². The fraction of sp³-hybridized carbons (Fsp3) is 1.00. The van der Waals surface area contributed by atoms with Crippen molar-refractivity contribution in [1.82, 2.24) is 0 Å². The molecule has 11 atom stereocenters. The smallest absolute Gasteiger partial charge is 0.106 e. The predicted molar refractivity (Wildman–Crippen MR) is 104 cm³/mol. The SMILES string of the molecule is [2H]C1CC[C@@]2(C)C(C1)CC(C)C1C2CC(F)[C@@]2(C)C1CC[C@@H]2[C@H](C)CC. The second kappa shape index (κ2) is 6.23. The van der Waals surface area contributed by atoms with E-state index in [0.29, 0.717) is 35.0 Å². The van der Waals surface area contributed by atoms with E-state index in [1.165, 1.54) is 32.1 Å². The average Bonchev–Trinajstić information content (AvgIpc) is 2.95. The van der Waals surface area contributed by atoms with Gasteiger partial charge in [-0.15, -0.1) is 0 Å². The lowest BCUT2D eigenvalue weighted by Gasteiger charge is -2.63. The summed E-state index contributed by atoms with van der Waals surface area (Å²) in [5, 5.41) is 0. The van der Waals surface area contributed by atoms with Gasteiger partial charge in [-0.1, -0.05) is 53.9 Å². The summed E-state index contributed by atoms with van der Waals surface area (Å²) in [4.78, 5) is 0. The first-order chi connectivity index (χ1) is 12.2. The molecule has 0 N–H and O–H groups in total. The Balaban J connectivity index is 1.68. The standard InChI is InChI=1S/C24H41F/c1-6-15(2)18-10-11-19-22-16(3)13-17-9-7-8-12-23(17,4)20(22)14-21(25)24(18,19)5/h15-22H,6-14H2,1-5H3/t15-,16?,17?,18-,19?,20?,21?,22?,23+,24-/m1/s1/i7D/t7?,15-,16?,17?,18-,19?,20?,21?,22?,23+,24-. The Kier molecular flexibility index (Phi) is 4.25. The molecule has 0 saturated heterocycles. The zero-order valence-electron chi connectivity index (χ0n) is 18.2. The van der Waals surface area contributed by atoms with Crippen LogP contribution >= 0.6 is 0 Å². The van der Waals surface area contributed by atoms with Crippen molar-refractivity contribution in [2.24, 2.45) is 52.3 Å². The van der Waals surface area contributed by atoms with Crippen LogP contribution in [0.15, 0.2) is 0 Å². The van der Waals surface area contributed by atoms with E-state index in [1.54, 1.807) is 0 Å².